The van der Waals surface area contributed by atoms with Gasteiger partial charge in [-0.25, -0.2) is 9.69 Å². The second-order valence-corrected chi connectivity index (χ2v) is 11.9. The summed E-state index contributed by atoms with van der Waals surface area (Å²) in [6, 6.07) is 51.6. The zero-order chi connectivity index (χ0) is 34.2. The number of rotatable bonds is 6. The highest BCUT2D eigenvalue weighted by atomic mass is 15.2. The fraction of sp³-hybridized carbons (Fsp3) is 0. The molecule has 0 aromatic heterocycles. The van der Waals surface area contributed by atoms with Crippen LogP contribution in [0.4, 0.5) is 45.5 Å². The van der Waals surface area contributed by atoms with E-state index in [4.69, 9.17) is 13.1 Å². The lowest BCUT2D eigenvalue weighted by Crippen LogP contribution is -2.11. The number of hydrogen-bond donors (Lipinski definition) is 0. The molecule has 50 heavy (non-hydrogen) atoms. The molecule has 6 nitrogen and oxygen atoms in total. The summed E-state index contributed by atoms with van der Waals surface area (Å²) in [6.07, 6.45) is 0. The average Bonchev–Trinajstić information content (AvgIpc) is 3.18. The van der Waals surface area contributed by atoms with Gasteiger partial charge in [-0.1, -0.05) is 72.8 Å². The first-order chi connectivity index (χ1) is 24.6. The molecular formula is C44H24N6. The molecule has 0 saturated heterocycles. The fourth-order valence-corrected chi connectivity index (χ4v) is 6.85. The van der Waals surface area contributed by atoms with Crippen molar-refractivity contribution in [3.8, 4) is 12.1 Å². The number of anilines is 6. The Hall–Kier alpha value is -7.64. The van der Waals surface area contributed by atoms with Crippen LogP contribution in [-0.2, 0) is 0 Å². The van der Waals surface area contributed by atoms with E-state index in [0.29, 0.717) is 22.5 Å². The van der Waals surface area contributed by atoms with Gasteiger partial charge in [0.1, 0.15) is 0 Å². The van der Waals surface area contributed by atoms with E-state index < -0.39 is 0 Å². The summed E-state index contributed by atoms with van der Waals surface area (Å²) < 4.78 is 0. The van der Waals surface area contributed by atoms with Gasteiger partial charge in [0.05, 0.1) is 47.8 Å². The molecule has 8 aromatic rings. The topological polar surface area (TPSA) is 62.8 Å². The monoisotopic (exact) mass is 636 g/mol. The molecule has 0 bridgehead atoms. The first-order valence-corrected chi connectivity index (χ1v) is 15.9. The predicted octanol–water partition coefficient (Wildman–Crippen LogP) is 12.4. The lowest BCUT2D eigenvalue weighted by Gasteiger charge is -2.29. The minimum Gasteiger partial charge on any atom is -0.312 e. The standard InChI is InChI=1S/C44H24N6/c1-47-33-9-5-13-37(25-33)50(38-14-6-10-34(26-38)48-2)42-22-18-32-15-19-39-41(21-17-31-16-20-40(42)44(32)43(31)39)49(35-11-3-7-29(23-35)27-45)36-12-4-8-30(24-36)28-46/h3-26H. The van der Waals surface area contributed by atoms with Crippen molar-refractivity contribution in [2.45, 2.75) is 0 Å². The molecule has 0 heterocycles. The van der Waals surface area contributed by atoms with Crippen LogP contribution in [0.5, 0.6) is 0 Å². The van der Waals surface area contributed by atoms with E-state index in [-0.39, 0.29) is 0 Å². The van der Waals surface area contributed by atoms with E-state index in [0.717, 1.165) is 66.4 Å². The van der Waals surface area contributed by atoms with E-state index in [1.54, 1.807) is 24.3 Å². The van der Waals surface area contributed by atoms with Crippen LogP contribution >= 0.6 is 0 Å². The molecule has 0 aliphatic rings. The highest BCUT2D eigenvalue weighted by Gasteiger charge is 2.22. The number of benzene rings is 8. The first kappa shape index (κ1) is 29.7. The van der Waals surface area contributed by atoms with Crippen molar-refractivity contribution in [3.63, 3.8) is 0 Å². The third-order valence-electron chi connectivity index (χ3n) is 9.00. The maximum Gasteiger partial charge on any atom is 0.189 e. The van der Waals surface area contributed by atoms with Crippen molar-refractivity contribution in [1.29, 1.82) is 10.5 Å². The number of hydrogen-bond acceptors (Lipinski definition) is 4. The van der Waals surface area contributed by atoms with E-state index in [2.05, 4.69) is 80.2 Å². The largest absolute Gasteiger partial charge is 0.312 e. The Balaban J connectivity index is 1.42. The Morgan fingerprint density at radius 2 is 0.820 bits per heavy atom. The Morgan fingerprint density at radius 3 is 1.22 bits per heavy atom. The van der Waals surface area contributed by atoms with Gasteiger partial charge in [-0.05, 0) is 94.3 Å². The Morgan fingerprint density at radius 1 is 0.440 bits per heavy atom. The Labute approximate surface area is 289 Å². The molecular weight excluding hydrogens is 613 g/mol. The van der Waals surface area contributed by atoms with Gasteiger partial charge in [0, 0.05) is 33.5 Å². The van der Waals surface area contributed by atoms with Crippen LogP contribution in [0.1, 0.15) is 11.1 Å². The van der Waals surface area contributed by atoms with Gasteiger partial charge in [-0.15, -0.1) is 0 Å². The first-order valence-electron chi connectivity index (χ1n) is 15.9. The fourth-order valence-electron chi connectivity index (χ4n) is 6.85. The zero-order valence-electron chi connectivity index (χ0n) is 26.5. The molecule has 8 aromatic carbocycles. The highest BCUT2D eigenvalue weighted by molar-refractivity contribution is 6.28. The summed E-state index contributed by atoms with van der Waals surface area (Å²) in [5.74, 6) is 0. The van der Waals surface area contributed by atoms with Gasteiger partial charge in [0.25, 0.3) is 0 Å². The molecule has 0 aliphatic carbocycles. The number of nitrogens with zero attached hydrogens (tertiary/aromatic N) is 6. The van der Waals surface area contributed by atoms with Gasteiger partial charge in [0.2, 0.25) is 0 Å². The molecule has 0 fully saturated rings. The van der Waals surface area contributed by atoms with Crippen LogP contribution in [-0.4, -0.2) is 0 Å². The van der Waals surface area contributed by atoms with Gasteiger partial charge in [0.15, 0.2) is 11.4 Å². The van der Waals surface area contributed by atoms with Crippen molar-refractivity contribution >= 4 is 77.8 Å². The van der Waals surface area contributed by atoms with Crippen molar-refractivity contribution in [2.75, 3.05) is 9.80 Å². The van der Waals surface area contributed by atoms with Gasteiger partial charge in [-0.3, -0.25) is 0 Å². The summed E-state index contributed by atoms with van der Waals surface area (Å²) in [5, 5.41) is 25.9. The molecule has 0 amide bonds. The third kappa shape index (κ3) is 4.95. The predicted molar refractivity (Wildman–Crippen MR) is 201 cm³/mol. The maximum absolute atomic E-state index is 9.77. The molecule has 8 rings (SSSR count). The van der Waals surface area contributed by atoms with E-state index >= 15 is 0 Å². The van der Waals surface area contributed by atoms with E-state index in [1.165, 1.54) is 0 Å². The molecule has 0 aliphatic heterocycles. The van der Waals surface area contributed by atoms with Crippen molar-refractivity contribution < 1.29 is 0 Å². The molecule has 230 valence electrons. The highest BCUT2D eigenvalue weighted by Crippen LogP contribution is 2.48. The average molecular weight is 637 g/mol. The molecule has 0 spiro atoms. The lowest BCUT2D eigenvalue weighted by molar-refractivity contribution is 1.29. The van der Waals surface area contributed by atoms with Crippen molar-refractivity contribution in [1.82, 2.24) is 0 Å². The molecule has 0 N–H and O–H groups in total. The Kier molecular flexibility index (Phi) is 7.25. The second kappa shape index (κ2) is 12.2. The van der Waals surface area contributed by atoms with Crippen LogP contribution in [0.3, 0.4) is 0 Å². The molecule has 0 atom stereocenters. The lowest BCUT2D eigenvalue weighted by atomic mass is 9.91. The van der Waals surface area contributed by atoms with Gasteiger partial charge >= 0.3 is 0 Å². The molecule has 0 saturated carbocycles. The van der Waals surface area contributed by atoms with Gasteiger partial charge in [-0.2, -0.15) is 10.5 Å². The van der Waals surface area contributed by atoms with Crippen LogP contribution < -0.4 is 9.80 Å². The SMILES string of the molecule is [C-]#[N+]c1cccc(N(c2cccc([N+]#[C-])c2)c2ccc3ccc4c(N(c5cccc(C#N)c5)c5cccc(C#N)c5)ccc5ccc2c3c54)c1. The molecule has 0 unspecified atom stereocenters. The van der Waals surface area contributed by atoms with E-state index in [9.17, 15) is 10.5 Å². The van der Waals surface area contributed by atoms with Crippen molar-refractivity contribution in [2.24, 2.45) is 0 Å². The van der Waals surface area contributed by atoms with Crippen LogP contribution in [0, 0.1) is 35.8 Å². The summed E-state index contributed by atoms with van der Waals surface area (Å²) in [4.78, 5) is 11.6. The smallest absolute Gasteiger partial charge is 0.189 e. The third-order valence-corrected chi connectivity index (χ3v) is 9.00. The van der Waals surface area contributed by atoms with Crippen LogP contribution in [0.25, 0.3) is 42.0 Å². The quantitative estimate of drug-likeness (QED) is 0.135. The number of nitriles is 2. The minimum atomic E-state index is 0.525. The summed E-state index contributed by atoms with van der Waals surface area (Å²) in [6.45, 7) is 15.4. The van der Waals surface area contributed by atoms with E-state index in [1.807, 2.05) is 72.8 Å². The maximum atomic E-state index is 9.77. The van der Waals surface area contributed by atoms with Crippen LogP contribution in [0.2, 0.25) is 0 Å². The zero-order valence-corrected chi connectivity index (χ0v) is 26.5. The van der Waals surface area contributed by atoms with Crippen LogP contribution in [0.15, 0.2) is 146 Å². The minimum absolute atomic E-state index is 0.525. The normalized spacial score (nSPS) is 10.7. The van der Waals surface area contributed by atoms with Crippen molar-refractivity contribution in [3.05, 3.63) is 180 Å². The Bertz CT molecular complexity index is 2480. The summed E-state index contributed by atoms with van der Waals surface area (Å²) >= 11 is 0. The molecule has 6 heteroatoms. The van der Waals surface area contributed by atoms with Gasteiger partial charge < -0.3 is 9.80 Å². The summed E-state index contributed by atoms with van der Waals surface area (Å²) in [7, 11) is 0. The second-order valence-electron chi connectivity index (χ2n) is 11.9. The summed E-state index contributed by atoms with van der Waals surface area (Å²) in [5.41, 5.74) is 7.20. The molecule has 0 radical (unpaired) electrons.